The number of methoxy groups -OCH3 is 1. The summed E-state index contributed by atoms with van der Waals surface area (Å²) in [5.41, 5.74) is -0.564. The summed E-state index contributed by atoms with van der Waals surface area (Å²) in [6.45, 7) is -0.610. The van der Waals surface area contributed by atoms with Crippen LogP contribution in [0, 0.1) is 15.9 Å². The first-order valence-corrected chi connectivity index (χ1v) is 6.95. The van der Waals surface area contributed by atoms with E-state index in [4.69, 9.17) is 9.47 Å². The SMILES string of the molecule is COc1cccc(C(=O)OCC(=O)Nc2ccc(F)c([N+](=O)[O-])c2)c1. The monoisotopic (exact) mass is 348 g/mol. The van der Waals surface area contributed by atoms with Crippen LogP contribution in [0.25, 0.3) is 0 Å². The lowest BCUT2D eigenvalue weighted by atomic mass is 10.2. The van der Waals surface area contributed by atoms with Crippen molar-refractivity contribution in [2.45, 2.75) is 0 Å². The number of nitrogens with one attached hydrogen (secondary N) is 1. The molecule has 25 heavy (non-hydrogen) atoms. The fraction of sp³-hybridized carbons (Fsp3) is 0.125. The summed E-state index contributed by atoms with van der Waals surface area (Å²) in [5.74, 6) is -2.03. The van der Waals surface area contributed by atoms with Crippen molar-refractivity contribution in [3.63, 3.8) is 0 Å². The van der Waals surface area contributed by atoms with Gasteiger partial charge in [0.05, 0.1) is 17.6 Å². The first kappa shape index (κ1) is 17.9. The smallest absolute Gasteiger partial charge is 0.338 e. The maximum atomic E-state index is 13.2. The van der Waals surface area contributed by atoms with Crippen LogP contribution in [0.2, 0.25) is 0 Å². The number of hydrogen-bond acceptors (Lipinski definition) is 6. The van der Waals surface area contributed by atoms with Crippen molar-refractivity contribution >= 4 is 23.3 Å². The zero-order valence-corrected chi connectivity index (χ0v) is 13.0. The average molecular weight is 348 g/mol. The molecule has 0 atom stereocenters. The van der Waals surface area contributed by atoms with Crippen molar-refractivity contribution < 1.29 is 28.4 Å². The van der Waals surface area contributed by atoms with Crippen LogP contribution in [-0.2, 0) is 9.53 Å². The number of rotatable bonds is 6. The van der Waals surface area contributed by atoms with Crippen molar-refractivity contribution in [2.24, 2.45) is 0 Å². The van der Waals surface area contributed by atoms with E-state index >= 15 is 0 Å². The molecular formula is C16H13FN2O6. The Kier molecular flexibility index (Phi) is 5.62. The summed E-state index contributed by atoms with van der Waals surface area (Å²) in [6.07, 6.45) is 0. The van der Waals surface area contributed by atoms with Gasteiger partial charge in [0.15, 0.2) is 6.61 Å². The van der Waals surface area contributed by atoms with Gasteiger partial charge in [-0.25, -0.2) is 4.79 Å². The van der Waals surface area contributed by atoms with E-state index in [1.165, 1.54) is 19.2 Å². The van der Waals surface area contributed by atoms with Gasteiger partial charge >= 0.3 is 11.7 Å². The molecule has 0 aliphatic rings. The standard InChI is InChI=1S/C16H13FN2O6/c1-24-12-4-2-3-10(7-12)16(21)25-9-15(20)18-11-5-6-13(17)14(8-11)19(22)23/h2-8H,9H2,1H3,(H,18,20). The van der Waals surface area contributed by atoms with E-state index in [1.807, 2.05) is 0 Å². The first-order chi connectivity index (χ1) is 11.9. The average Bonchev–Trinajstić information content (AvgIpc) is 2.61. The van der Waals surface area contributed by atoms with Crippen LogP contribution in [0.3, 0.4) is 0 Å². The van der Waals surface area contributed by atoms with E-state index in [0.29, 0.717) is 5.75 Å². The molecule has 8 nitrogen and oxygen atoms in total. The Morgan fingerprint density at radius 2 is 2.00 bits per heavy atom. The van der Waals surface area contributed by atoms with Crippen molar-refractivity contribution in [3.8, 4) is 5.75 Å². The van der Waals surface area contributed by atoms with Gasteiger partial charge in [-0.15, -0.1) is 0 Å². The molecule has 1 N–H and O–H groups in total. The number of nitro benzene ring substituents is 1. The Morgan fingerprint density at radius 3 is 2.68 bits per heavy atom. The van der Waals surface area contributed by atoms with Gasteiger partial charge < -0.3 is 14.8 Å². The molecule has 0 radical (unpaired) electrons. The third kappa shape index (κ3) is 4.74. The highest BCUT2D eigenvalue weighted by Gasteiger charge is 2.16. The molecule has 1 amide bonds. The maximum absolute atomic E-state index is 13.2. The molecule has 0 aromatic heterocycles. The number of halogens is 1. The van der Waals surface area contributed by atoms with Crippen LogP contribution in [0.1, 0.15) is 10.4 Å². The molecule has 2 aromatic rings. The van der Waals surface area contributed by atoms with Crippen LogP contribution in [-0.4, -0.2) is 30.5 Å². The molecule has 0 aliphatic carbocycles. The summed E-state index contributed by atoms with van der Waals surface area (Å²) in [4.78, 5) is 33.4. The number of hydrogen-bond donors (Lipinski definition) is 1. The van der Waals surface area contributed by atoms with E-state index in [0.717, 1.165) is 18.2 Å². The van der Waals surface area contributed by atoms with E-state index in [2.05, 4.69) is 5.32 Å². The number of carbonyl (C=O) groups is 2. The highest BCUT2D eigenvalue weighted by molar-refractivity contribution is 5.95. The third-order valence-electron chi connectivity index (χ3n) is 3.07. The van der Waals surface area contributed by atoms with Gasteiger partial charge in [-0.1, -0.05) is 6.07 Å². The van der Waals surface area contributed by atoms with Crippen LogP contribution in [0.15, 0.2) is 42.5 Å². The minimum absolute atomic E-state index is 0.00975. The number of ether oxygens (including phenoxy) is 2. The maximum Gasteiger partial charge on any atom is 0.338 e. The molecule has 0 saturated heterocycles. The van der Waals surface area contributed by atoms with Gasteiger partial charge in [-0.3, -0.25) is 14.9 Å². The third-order valence-corrected chi connectivity index (χ3v) is 3.07. The molecule has 130 valence electrons. The molecule has 9 heteroatoms. The molecule has 0 saturated carbocycles. The number of nitro groups is 1. The van der Waals surface area contributed by atoms with Crippen LogP contribution in [0.4, 0.5) is 15.8 Å². The first-order valence-electron chi connectivity index (χ1n) is 6.95. The van der Waals surface area contributed by atoms with Crippen LogP contribution < -0.4 is 10.1 Å². The lowest BCUT2D eigenvalue weighted by Crippen LogP contribution is -2.21. The van der Waals surface area contributed by atoms with Crippen molar-refractivity contribution in [1.82, 2.24) is 0 Å². The van der Waals surface area contributed by atoms with Crippen molar-refractivity contribution in [2.75, 3.05) is 19.0 Å². The zero-order chi connectivity index (χ0) is 18.4. The summed E-state index contributed by atoms with van der Waals surface area (Å²) in [7, 11) is 1.44. The fourth-order valence-electron chi connectivity index (χ4n) is 1.89. The Balaban J connectivity index is 1.95. The summed E-state index contributed by atoms with van der Waals surface area (Å²) in [5, 5.41) is 12.9. The largest absolute Gasteiger partial charge is 0.497 e. The van der Waals surface area contributed by atoms with E-state index in [9.17, 15) is 24.1 Å². The normalized spacial score (nSPS) is 10.0. The fourth-order valence-corrected chi connectivity index (χ4v) is 1.89. The molecule has 0 fully saturated rings. The van der Waals surface area contributed by atoms with E-state index < -0.39 is 34.9 Å². The molecule has 0 unspecified atom stereocenters. The number of esters is 1. The lowest BCUT2D eigenvalue weighted by Gasteiger charge is -2.07. The number of carbonyl (C=O) groups excluding carboxylic acids is 2. The highest BCUT2D eigenvalue weighted by Crippen LogP contribution is 2.21. The van der Waals surface area contributed by atoms with Gasteiger partial charge in [-0.2, -0.15) is 4.39 Å². The summed E-state index contributed by atoms with van der Waals surface area (Å²) < 4.78 is 23.1. The Bertz CT molecular complexity index is 824. The molecular weight excluding hydrogens is 335 g/mol. The second-order valence-electron chi connectivity index (χ2n) is 4.78. The van der Waals surface area contributed by atoms with E-state index in [1.54, 1.807) is 12.1 Å². The molecule has 0 aliphatic heterocycles. The predicted molar refractivity (Wildman–Crippen MR) is 85.0 cm³/mol. The number of anilines is 1. The molecule has 0 heterocycles. The topological polar surface area (TPSA) is 108 Å². The molecule has 0 spiro atoms. The van der Waals surface area contributed by atoms with E-state index in [-0.39, 0.29) is 11.3 Å². The zero-order valence-electron chi connectivity index (χ0n) is 13.0. The van der Waals surface area contributed by atoms with Crippen molar-refractivity contribution in [1.29, 1.82) is 0 Å². The number of nitrogens with zero attached hydrogens (tertiary/aromatic N) is 1. The highest BCUT2D eigenvalue weighted by atomic mass is 19.1. The van der Waals surface area contributed by atoms with Gasteiger partial charge in [0.1, 0.15) is 5.75 Å². The van der Waals surface area contributed by atoms with Gasteiger partial charge in [0.25, 0.3) is 5.91 Å². The minimum Gasteiger partial charge on any atom is -0.497 e. The second-order valence-corrected chi connectivity index (χ2v) is 4.78. The lowest BCUT2D eigenvalue weighted by molar-refractivity contribution is -0.387. The minimum atomic E-state index is -1.02. The Hall–Kier alpha value is -3.49. The van der Waals surface area contributed by atoms with Crippen LogP contribution in [0.5, 0.6) is 5.75 Å². The molecule has 2 rings (SSSR count). The van der Waals surface area contributed by atoms with Gasteiger partial charge in [-0.05, 0) is 30.3 Å². The Labute approximate surface area is 141 Å². The van der Waals surface area contributed by atoms with Gasteiger partial charge in [0.2, 0.25) is 5.82 Å². The summed E-state index contributed by atoms with van der Waals surface area (Å²) in [6, 6.07) is 9.06. The van der Waals surface area contributed by atoms with Gasteiger partial charge in [0, 0.05) is 11.8 Å². The number of amides is 1. The Morgan fingerprint density at radius 1 is 1.24 bits per heavy atom. The molecule has 2 aromatic carbocycles. The summed E-state index contributed by atoms with van der Waals surface area (Å²) >= 11 is 0. The number of benzene rings is 2. The van der Waals surface area contributed by atoms with Crippen molar-refractivity contribution in [3.05, 3.63) is 64.0 Å². The second kappa shape index (κ2) is 7.86. The predicted octanol–water partition coefficient (Wildman–Crippen LogP) is 2.54. The van der Waals surface area contributed by atoms with Crippen LogP contribution >= 0.6 is 0 Å². The quantitative estimate of drug-likeness (QED) is 0.488. The molecule has 0 bridgehead atoms.